The summed E-state index contributed by atoms with van der Waals surface area (Å²) >= 11 is 1.26. The van der Waals surface area contributed by atoms with E-state index in [-0.39, 0.29) is 11.4 Å². The summed E-state index contributed by atoms with van der Waals surface area (Å²) in [6.45, 7) is 5.54. The molecule has 0 saturated carbocycles. The fourth-order valence-corrected chi connectivity index (χ4v) is 5.16. The van der Waals surface area contributed by atoms with Crippen molar-refractivity contribution in [2.45, 2.75) is 38.6 Å². The average molecular weight is 435 g/mol. The van der Waals surface area contributed by atoms with Crippen LogP contribution in [0.2, 0.25) is 0 Å². The van der Waals surface area contributed by atoms with E-state index in [9.17, 15) is 13.2 Å². The Hall–Kier alpha value is -2.56. The SMILES string of the molecule is CCc1nc(-c2cc(S(=O)(=O)NCC(=O)NCc3cccc(C)c3)c(C)s2)no1. The van der Waals surface area contributed by atoms with Crippen LogP contribution in [0.3, 0.4) is 0 Å². The van der Waals surface area contributed by atoms with Crippen LogP contribution in [0.15, 0.2) is 39.8 Å². The molecule has 0 aliphatic heterocycles. The van der Waals surface area contributed by atoms with Gasteiger partial charge in [-0.05, 0) is 25.5 Å². The average Bonchev–Trinajstić information content (AvgIpc) is 3.31. The van der Waals surface area contributed by atoms with Crippen molar-refractivity contribution in [2.24, 2.45) is 0 Å². The van der Waals surface area contributed by atoms with Gasteiger partial charge in [-0.1, -0.05) is 41.9 Å². The molecule has 1 aromatic carbocycles. The first-order valence-corrected chi connectivity index (χ1v) is 11.3. The highest BCUT2D eigenvalue weighted by Gasteiger charge is 2.23. The highest BCUT2D eigenvalue weighted by molar-refractivity contribution is 7.89. The number of amides is 1. The molecule has 3 rings (SSSR count). The van der Waals surface area contributed by atoms with Gasteiger partial charge in [-0.2, -0.15) is 4.98 Å². The molecule has 0 radical (unpaired) electrons. The van der Waals surface area contributed by atoms with Crippen LogP contribution in [0.4, 0.5) is 0 Å². The van der Waals surface area contributed by atoms with Crippen LogP contribution in [0.5, 0.6) is 0 Å². The summed E-state index contributed by atoms with van der Waals surface area (Å²) in [5, 5.41) is 6.58. The highest BCUT2D eigenvalue weighted by Crippen LogP contribution is 2.31. The molecule has 0 fully saturated rings. The van der Waals surface area contributed by atoms with Crippen molar-refractivity contribution in [3.8, 4) is 10.7 Å². The molecule has 10 heteroatoms. The van der Waals surface area contributed by atoms with E-state index in [1.165, 1.54) is 17.4 Å². The predicted molar refractivity (Wildman–Crippen MR) is 110 cm³/mol. The lowest BCUT2D eigenvalue weighted by atomic mass is 10.1. The second-order valence-corrected chi connectivity index (χ2v) is 9.48. The molecule has 2 aromatic heterocycles. The summed E-state index contributed by atoms with van der Waals surface area (Å²) in [6.07, 6.45) is 0.599. The van der Waals surface area contributed by atoms with Crippen LogP contribution >= 0.6 is 11.3 Å². The van der Waals surface area contributed by atoms with Gasteiger partial charge in [-0.25, -0.2) is 13.1 Å². The summed E-state index contributed by atoms with van der Waals surface area (Å²) in [6, 6.07) is 9.23. The predicted octanol–water partition coefficient (Wildman–Crippen LogP) is 2.57. The van der Waals surface area contributed by atoms with Crippen LogP contribution in [0.25, 0.3) is 10.7 Å². The third-order valence-corrected chi connectivity index (χ3v) is 6.85. The number of carbonyl (C=O) groups excluding carboxylic acids is 1. The topological polar surface area (TPSA) is 114 Å². The summed E-state index contributed by atoms with van der Waals surface area (Å²) < 4.78 is 32.7. The Kier molecular flexibility index (Phi) is 6.46. The van der Waals surface area contributed by atoms with Crippen LogP contribution in [-0.2, 0) is 27.8 Å². The smallest absolute Gasteiger partial charge is 0.242 e. The molecule has 0 unspecified atom stereocenters. The Bertz CT molecular complexity index is 1120. The first-order chi connectivity index (χ1) is 13.8. The van der Waals surface area contributed by atoms with Gasteiger partial charge >= 0.3 is 0 Å². The maximum absolute atomic E-state index is 12.6. The maximum atomic E-state index is 12.6. The fraction of sp³-hybridized carbons (Fsp3) is 0.316. The standard InChI is InChI=1S/C19H22N4O4S2/c1-4-18-22-19(23-27-18)15-9-16(13(3)28-15)29(25,26)21-11-17(24)20-10-14-7-5-6-12(2)8-14/h5-9,21H,4,10-11H2,1-3H3,(H,20,24). The second-order valence-electron chi connectivity index (χ2n) is 6.49. The molecule has 2 N–H and O–H groups in total. The van der Waals surface area contributed by atoms with E-state index >= 15 is 0 Å². The van der Waals surface area contributed by atoms with Gasteiger partial charge < -0.3 is 9.84 Å². The molecule has 0 aliphatic rings. The highest BCUT2D eigenvalue weighted by atomic mass is 32.2. The summed E-state index contributed by atoms with van der Waals surface area (Å²) in [5.74, 6) is 0.431. The first kappa shape index (κ1) is 21.2. The van der Waals surface area contributed by atoms with Crippen molar-refractivity contribution in [2.75, 3.05) is 6.54 Å². The number of aromatic nitrogens is 2. The van der Waals surface area contributed by atoms with Gasteiger partial charge in [0.15, 0.2) is 0 Å². The van der Waals surface area contributed by atoms with Crippen molar-refractivity contribution in [1.29, 1.82) is 0 Å². The second kappa shape index (κ2) is 8.85. The summed E-state index contributed by atoms with van der Waals surface area (Å²) in [5.41, 5.74) is 2.04. The van der Waals surface area contributed by atoms with Crippen LogP contribution in [0.1, 0.15) is 28.8 Å². The van der Waals surface area contributed by atoms with Crippen molar-refractivity contribution in [3.63, 3.8) is 0 Å². The molecule has 8 nitrogen and oxygen atoms in total. The molecular weight excluding hydrogens is 412 g/mol. The van der Waals surface area contributed by atoms with E-state index in [0.29, 0.717) is 34.4 Å². The van der Waals surface area contributed by atoms with Crippen molar-refractivity contribution in [3.05, 3.63) is 52.2 Å². The molecule has 154 valence electrons. The summed E-state index contributed by atoms with van der Waals surface area (Å²) in [7, 11) is -3.85. The Balaban J connectivity index is 1.62. The number of hydrogen-bond acceptors (Lipinski definition) is 7. The molecule has 0 spiro atoms. The van der Waals surface area contributed by atoms with Gasteiger partial charge in [0.2, 0.25) is 27.6 Å². The number of thiophene rings is 1. The minimum Gasteiger partial charge on any atom is -0.351 e. The van der Waals surface area contributed by atoms with Gasteiger partial charge in [0.1, 0.15) is 0 Å². The largest absolute Gasteiger partial charge is 0.351 e. The van der Waals surface area contributed by atoms with E-state index < -0.39 is 15.9 Å². The number of benzene rings is 1. The van der Waals surface area contributed by atoms with Gasteiger partial charge in [0.25, 0.3) is 0 Å². The number of aryl methyl sites for hydroxylation is 3. The van der Waals surface area contributed by atoms with Crippen molar-refractivity contribution >= 4 is 27.3 Å². The molecule has 1 amide bonds. The molecule has 2 heterocycles. The number of sulfonamides is 1. The Morgan fingerprint density at radius 2 is 2.03 bits per heavy atom. The number of rotatable bonds is 8. The molecule has 0 saturated heterocycles. The van der Waals surface area contributed by atoms with Crippen LogP contribution < -0.4 is 10.0 Å². The molecule has 29 heavy (non-hydrogen) atoms. The monoisotopic (exact) mass is 434 g/mol. The lowest BCUT2D eigenvalue weighted by Gasteiger charge is -2.08. The van der Waals surface area contributed by atoms with Gasteiger partial charge in [0.05, 0.1) is 16.3 Å². The number of nitrogens with one attached hydrogen (secondary N) is 2. The Morgan fingerprint density at radius 3 is 2.72 bits per heavy atom. The molecule has 3 aromatic rings. The zero-order chi connectivity index (χ0) is 21.0. The zero-order valence-corrected chi connectivity index (χ0v) is 18.0. The lowest BCUT2D eigenvalue weighted by molar-refractivity contribution is -0.120. The Labute approximate surface area is 173 Å². The molecule has 0 atom stereocenters. The van der Waals surface area contributed by atoms with Crippen LogP contribution in [-0.4, -0.2) is 31.0 Å². The maximum Gasteiger partial charge on any atom is 0.242 e. The van der Waals surface area contributed by atoms with Gasteiger partial charge in [0, 0.05) is 17.8 Å². The normalized spacial score (nSPS) is 11.6. The van der Waals surface area contributed by atoms with Crippen LogP contribution in [0, 0.1) is 13.8 Å². The van der Waals surface area contributed by atoms with E-state index in [1.807, 2.05) is 38.1 Å². The van der Waals surface area contributed by atoms with E-state index in [2.05, 4.69) is 20.2 Å². The summed E-state index contributed by atoms with van der Waals surface area (Å²) in [4.78, 5) is 17.6. The fourth-order valence-electron chi connectivity index (χ4n) is 2.66. The minimum absolute atomic E-state index is 0.104. The van der Waals surface area contributed by atoms with Gasteiger partial charge in [-0.3, -0.25) is 4.79 Å². The number of hydrogen-bond donors (Lipinski definition) is 2. The van der Waals surface area contributed by atoms with Gasteiger partial charge in [-0.15, -0.1) is 11.3 Å². The minimum atomic E-state index is -3.85. The van der Waals surface area contributed by atoms with E-state index in [4.69, 9.17) is 4.52 Å². The third-order valence-electron chi connectivity index (χ3n) is 4.15. The molecule has 0 bridgehead atoms. The lowest BCUT2D eigenvalue weighted by Crippen LogP contribution is -2.36. The number of carbonyl (C=O) groups is 1. The van der Waals surface area contributed by atoms with Crippen molar-refractivity contribution < 1.29 is 17.7 Å². The quantitative estimate of drug-likeness (QED) is 0.563. The Morgan fingerprint density at radius 1 is 1.24 bits per heavy atom. The van der Waals surface area contributed by atoms with E-state index in [1.54, 1.807) is 6.92 Å². The van der Waals surface area contributed by atoms with E-state index in [0.717, 1.165) is 11.1 Å². The number of nitrogens with zero attached hydrogens (tertiary/aromatic N) is 2. The van der Waals surface area contributed by atoms with Crippen molar-refractivity contribution in [1.82, 2.24) is 20.2 Å². The molecular formula is C19H22N4O4S2. The zero-order valence-electron chi connectivity index (χ0n) is 16.4. The molecule has 0 aliphatic carbocycles. The third kappa shape index (κ3) is 5.28. The first-order valence-electron chi connectivity index (χ1n) is 9.04.